The third-order valence-corrected chi connectivity index (χ3v) is 8.05. The number of nitrogens with two attached hydrogens (primary N) is 1. The van der Waals surface area contributed by atoms with Crippen LogP contribution in [0.2, 0.25) is 5.02 Å². The van der Waals surface area contributed by atoms with E-state index in [4.69, 9.17) is 22.1 Å². The number of anilines is 1. The van der Waals surface area contributed by atoms with E-state index in [0.29, 0.717) is 11.3 Å². The van der Waals surface area contributed by atoms with Crippen LogP contribution in [-0.2, 0) is 15.6 Å². The molecule has 0 spiro atoms. The minimum Gasteiger partial charge on any atom is -0.493 e. The van der Waals surface area contributed by atoms with Crippen LogP contribution in [0.15, 0.2) is 35.5 Å². The molecule has 164 valence electrons. The molecule has 0 saturated carbocycles. The third kappa shape index (κ3) is 3.47. The van der Waals surface area contributed by atoms with Gasteiger partial charge in [0.05, 0.1) is 11.6 Å². The van der Waals surface area contributed by atoms with Gasteiger partial charge in [0, 0.05) is 30.9 Å². The molecule has 9 nitrogen and oxygen atoms in total. The molecule has 1 aromatic carbocycles. The van der Waals surface area contributed by atoms with E-state index in [-0.39, 0.29) is 29.7 Å². The first-order valence-corrected chi connectivity index (χ1v) is 11.1. The number of ether oxygens (including phenoxy) is 1. The van der Waals surface area contributed by atoms with Gasteiger partial charge in [-0.25, -0.2) is 27.1 Å². The van der Waals surface area contributed by atoms with Gasteiger partial charge in [0.2, 0.25) is 16.0 Å². The molecule has 3 heterocycles. The van der Waals surface area contributed by atoms with Crippen LogP contribution < -0.4 is 15.8 Å². The van der Waals surface area contributed by atoms with Crippen molar-refractivity contribution in [3.63, 3.8) is 0 Å². The van der Waals surface area contributed by atoms with Crippen molar-refractivity contribution in [1.29, 1.82) is 0 Å². The molecule has 3 N–H and O–H groups in total. The predicted molar refractivity (Wildman–Crippen MR) is 113 cm³/mol. The van der Waals surface area contributed by atoms with Crippen LogP contribution in [0.4, 0.5) is 10.1 Å². The average molecular weight is 468 g/mol. The van der Waals surface area contributed by atoms with Crippen LogP contribution >= 0.6 is 11.6 Å². The topological polar surface area (TPSA) is 127 Å². The minimum atomic E-state index is -3.79. The second kappa shape index (κ2) is 7.34. The van der Waals surface area contributed by atoms with E-state index in [1.165, 1.54) is 7.05 Å². The number of nitrogens with zero attached hydrogens (tertiary/aromatic N) is 3. The number of pyridine rings is 1. The highest BCUT2D eigenvalue weighted by Gasteiger charge is 2.52. The molecule has 1 aromatic heterocycles. The molecular weight excluding hydrogens is 449 g/mol. The summed E-state index contributed by atoms with van der Waals surface area (Å²) in [5, 5.41) is 1.71. The lowest BCUT2D eigenvalue weighted by Crippen LogP contribution is -2.56. The summed E-state index contributed by atoms with van der Waals surface area (Å²) in [5.74, 6) is -1.37. The fraction of sp³-hybridized carbons (Fsp3) is 0.316. The van der Waals surface area contributed by atoms with Crippen molar-refractivity contribution in [3.05, 3.63) is 52.6 Å². The number of aliphatic imine (C=N–C) groups is 1. The number of amides is 1. The Kier molecular flexibility index (Phi) is 5.05. The van der Waals surface area contributed by atoms with Crippen LogP contribution in [0, 0.1) is 5.82 Å². The van der Waals surface area contributed by atoms with E-state index in [2.05, 4.69) is 15.3 Å². The first-order chi connectivity index (χ1) is 14.5. The van der Waals surface area contributed by atoms with E-state index in [9.17, 15) is 17.6 Å². The smallest absolute Gasteiger partial charge is 0.277 e. The Morgan fingerprint density at radius 3 is 2.87 bits per heavy atom. The van der Waals surface area contributed by atoms with Crippen LogP contribution in [0.3, 0.4) is 0 Å². The molecule has 1 unspecified atom stereocenters. The summed E-state index contributed by atoms with van der Waals surface area (Å²) < 4.78 is 46.8. The number of carbonyl (C=O) groups is 1. The largest absolute Gasteiger partial charge is 0.493 e. The Hall–Kier alpha value is -2.92. The van der Waals surface area contributed by atoms with Gasteiger partial charge in [-0.1, -0.05) is 11.6 Å². The van der Waals surface area contributed by atoms with Crippen LogP contribution in [0.25, 0.3) is 0 Å². The van der Waals surface area contributed by atoms with E-state index in [1.54, 1.807) is 25.1 Å². The van der Waals surface area contributed by atoms with Gasteiger partial charge < -0.3 is 15.8 Å². The highest BCUT2D eigenvalue weighted by Crippen LogP contribution is 2.45. The predicted octanol–water partition coefficient (Wildman–Crippen LogP) is 2.08. The lowest BCUT2D eigenvalue weighted by molar-refractivity contribution is 0.101. The van der Waals surface area contributed by atoms with Crippen molar-refractivity contribution in [1.82, 2.24) is 9.29 Å². The van der Waals surface area contributed by atoms with Crippen LogP contribution in [0.1, 0.15) is 29.4 Å². The zero-order chi connectivity index (χ0) is 22.6. The van der Waals surface area contributed by atoms with Crippen molar-refractivity contribution >= 4 is 39.2 Å². The van der Waals surface area contributed by atoms with Gasteiger partial charge >= 0.3 is 0 Å². The SMILES string of the molecule is CN1C(N)=N[C@]2(C)c3cc(NC(=O)c4ncc(Cl)cc4F)ccc3OCCC2S1(=O)=O. The Bertz CT molecular complexity index is 1220. The van der Waals surface area contributed by atoms with Crippen molar-refractivity contribution in [2.45, 2.75) is 24.1 Å². The third-order valence-electron chi connectivity index (χ3n) is 5.48. The number of hydrogen-bond donors (Lipinski definition) is 2. The molecule has 2 aliphatic heterocycles. The fourth-order valence-corrected chi connectivity index (χ4v) is 5.81. The van der Waals surface area contributed by atoms with E-state index < -0.39 is 38.2 Å². The molecule has 4 rings (SSSR count). The van der Waals surface area contributed by atoms with Crippen LogP contribution in [-0.4, -0.2) is 48.5 Å². The van der Waals surface area contributed by atoms with Gasteiger partial charge in [-0.15, -0.1) is 0 Å². The average Bonchev–Trinajstić information content (AvgIpc) is 2.83. The summed E-state index contributed by atoms with van der Waals surface area (Å²) in [6, 6.07) is 5.70. The molecule has 0 fully saturated rings. The molecule has 31 heavy (non-hydrogen) atoms. The van der Waals surface area contributed by atoms with Crippen molar-refractivity contribution in [2.75, 3.05) is 19.0 Å². The molecule has 2 atom stereocenters. The monoisotopic (exact) mass is 467 g/mol. The van der Waals surface area contributed by atoms with Gasteiger partial charge in [0.1, 0.15) is 16.5 Å². The van der Waals surface area contributed by atoms with Gasteiger partial charge in [-0.3, -0.25) is 4.79 Å². The number of benzene rings is 1. The summed E-state index contributed by atoms with van der Waals surface area (Å²) in [5.41, 5.74) is 4.96. The molecule has 0 radical (unpaired) electrons. The Balaban J connectivity index is 1.76. The number of halogens is 2. The molecule has 2 aliphatic rings. The summed E-state index contributed by atoms with van der Waals surface area (Å²) >= 11 is 5.68. The maximum absolute atomic E-state index is 14.0. The maximum atomic E-state index is 14.0. The summed E-state index contributed by atoms with van der Waals surface area (Å²) in [6.45, 7) is 1.83. The number of rotatable bonds is 2. The molecule has 0 bridgehead atoms. The van der Waals surface area contributed by atoms with E-state index in [0.717, 1.165) is 16.6 Å². The van der Waals surface area contributed by atoms with Gasteiger partial charge in [0.15, 0.2) is 11.5 Å². The van der Waals surface area contributed by atoms with Crippen LogP contribution in [0.5, 0.6) is 5.75 Å². The Labute approximate surface area is 183 Å². The van der Waals surface area contributed by atoms with Crippen molar-refractivity contribution in [3.8, 4) is 5.75 Å². The fourth-order valence-electron chi connectivity index (χ4n) is 3.83. The number of sulfonamides is 1. The number of nitrogens with one attached hydrogen (secondary N) is 1. The normalized spacial score (nSPS) is 24.2. The summed E-state index contributed by atoms with van der Waals surface area (Å²) in [7, 11) is -2.43. The van der Waals surface area contributed by atoms with Crippen molar-refractivity contribution < 1.29 is 22.3 Å². The number of fused-ring (bicyclic) bond motifs is 3. The number of hydrogen-bond acceptors (Lipinski definition) is 7. The highest BCUT2D eigenvalue weighted by molar-refractivity contribution is 7.90. The Morgan fingerprint density at radius 1 is 1.42 bits per heavy atom. The summed E-state index contributed by atoms with van der Waals surface area (Å²) in [4.78, 5) is 20.7. The quantitative estimate of drug-likeness (QED) is 0.696. The molecular formula is C19H19ClFN5O4S. The standard InChI is InChI=1S/C19H19ClFN5O4S/c1-19-12-8-11(24-17(27)16-13(21)7-10(20)9-23-16)3-4-14(12)30-6-5-15(19)31(28,29)26(2)18(22)25-19/h3-4,7-9,15H,5-6H2,1-2H3,(H2,22,25)(H,24,27)/t15?,19-/m1/s1. The second-order valence-corrected chi connectivity index (χ2v) is 9.99. The Morgan fingerprint density at radius 2 is 2.16 bits per heavy atom. The highest BCUT2D eigenvalue weighted by atomic mass is 35.5. The molecule has 2 aromatic rings. The first-order valence-electron chi connectivity index (χ1n) is 9.27. The lowest BCUT2D eigenvalue weighted by atomic mass is 9.87. The zero-order valence-electron chi connectivity index (χ0n) is 16.6. The lowest BCUT2D eigenvalue weighted by Gasteiger charge is -2.40. The van der Waals surface area contributed by atoms with Gasteiger partial charge in [0.25, 0.3) is 5.91 Å². The second-order valence-electron chi connectivity index (χ2n) is 7.40. The summed E-state index contributed by atoms with van der Waals surface area (Å²) in [6.07, 6.45) is 1.37. The number of aromatic nitrogens is 1. The molecule has 0 aliphatic carbocycles. The number of carbonyl (C=O) groups excluding carboxylic acids is 1. The number of guanidine groups is 1. The molecule has 0 saturated heterocycles. The van der Waals surface area contributed by atoms with E-state index in [1.807, 2.05) is 0 Å². The molecule has 12 heteroatoms. The first kappa shape index (κ1) is 21.3. The van der Waals surface area contributed by atoms with Crippen molar-refractivity contribution in [2.24, 2.45) is 10.7 Å². The van der Waals surface area contributed by atoms with E-state index >= 15 is 0 Å². The maximum Gasteiger partial charge on any atom is 0.277 e. The minimum absolute atomic E-state index is 0.0640. The molecule has 1 amide bonds. The zero-order valence-corrected chi connectivity index (χ0v) is 18.2. The van der Waals surface area contributed by atoms with Gasteiger partial charge in [-0.2, -0.15) is 0 Å². The van der Waals surface area contributed by atoms with Gasteiger partial charge in [-0.05, 0) is 31.2 Å².